The number of aromatic nitrogens is 4. The summed E-state index contributed by atoms with van der Waals surface area (Å²) in [5.74, 6) is 2.39. The van der Waals surface area contributed by atoms with Gasteiger partial charge in [0.05, 0.1) is 11.4 Å². The number of hydrogen-bond donors (Lipinski definition) is 1. The molecule has 0 aliphatic carbocycles. The van der Waals surface area contributed by atoms with E-state index in [4.69, 9.17) is 9.47 Å². The van der Waals surface area contributed by atoms with E-state index in [1.54, 1.807) is 12.4 Å². The van der Waals surface area contributed by atoms with E-state index in [0.717, 1.165) is 33.9 Å². The van der Waals surface area contributed by atoms with Crippen molar-refractivity contribution in [1.82, 2.24) is 25.1 Å². The van der Waals surface area contributed by atoms with Crippen LogP contribution in [0.25, 0.3) is 17.1 Å². The van der Waals surface area contributed by atoms with Crippen LogP contribution in [0.4, 0.5) is 0 Å². The monoisotopic (exact) mass is 487 g/mol. The molecule has 1 aliphatic heterocycles. The largest absolute Gasteiger partial charge is 0.486 e. The first-order valence-electron chi connectivity index (χ1n) is 11.4. The van der Waals surface area contributed by atoms with Gasteiger partial charge in [-0.2, -0.15) is 0 Å². The number of thioether (sulfide) groups is 1. The quantitative estimate of drug-likeness (QED) is 0.378. The minimum atomic E-state index is -0.0604. The maximum atomic E-state index is 12.6. The van der Waals surface area contributed by atoms with Crippen molar-refractivity contribution in [2.45, 2.75) is 18.5 Å². The normalized spacial score (nSPS) is 12.4. The molecular formula is C26H25N5O3S. The highest BCUT2D eigenvalue weighted by Gasteiger charge is 2.18. The third-order valence-corrected chi connectivity index (χ3v) is 6.51. The second-order valence-corrected chi connectivity index (χ2v) is 8.98. The Kier molecular flexibility index (Phi) is 6.94. The molecule has 1 amide bonds. The Balaban J connectivity index is 1.24. The molecule has 0 fully saturated rings. The molecule has 0 spiro atoms. The van der Waals surface area contributed by atoms with E-state index in [-0.39, 0.29) is 11.7 Å². The zero-order chi connectivity index (χ0) is 24.0. The molecule has 0 saturated heterocycles. The summed E-state index contributed by atoms with van der Waals surface area (Å²) < 4.78 is 13.2. The summed E-state index contributed by atoms with van der Waals surface area (Å²) in [6.45, 7) is 3.70. The number of rotatable bonds is 8. The van der Waals surface area contributed by atoms with Crippen LogP contribution in [0.15, 0.2) is 72.1 Å². The van der Waals surface area contributed by atoms with Crippen LogP contribution in [0.2, 0.25) is 0 Å². The SMILES string of the molecule is Cc1ccccc1-n1c(SCC(=O)NCCc2ccc3c(c2)OCCO3)nnc1-c1cccnc1. The van der Waals surface area contributed by atoms with Gasteiger partial charge < -0.3 is 14.8 Å². The fraction of sp³-hybridized carbons (Fsp3) is 0.231. The number of ether oxygens (including phenoxy) is 2. The number of amides is 1. The number of aryl methyl sites for hydroxylation is 1. The third-order valence-electron chi connectivity index (χ3n) is 5.58. The maximum Gasteiger partial charge on any atom is 0.230 e. The second-order valence-electron chi connectivity index (χ2n) is 8.04. The number of nitrogens with one attached hydrogen (secondary N) is 1. The van der Waals surface area contributed by atoms with Gasteiger partial charge >= 0.3 is 0 Å². The van der Waals surface area contributed by atoms with Crippen molar-refractivity contribution in [2.75, 3.05) is 25.5 Å². The van der Waals surface area contributed by atoms with Crippen molar-refractivity contribution in [3.63, 3.8) is 0 Å². The van der Waals surface area contributed by atoms with Crippen LogP contribution in [0.5, 0.6) is 11.5 Å². The van der Waals surface area contributed by atoms with Gasteiger partial charge in [-0.15, -0.1) is 10.2 Å². The number of benzene rings is 2. The van der Waals surface area contributed by atoms with Gasteiger partial charge in [0.2, 0.25) is 5.91 Å². The van der Waals surface area contributed by atoms with Crippen LogP contribution in [-0.2, 0) is 11.2 Å². The molecule has 1 aliphatic rings. The summed E-state index contributed by atoms with van der Waals surface area (Å²) in [7, 11) is 0. The lowest BCUT2D eigenvalue weighted by Gasteiger charge is -2.18. The summed E-state index contributed by atoms with van der Waals surface area (Å²) in [5.41, 5.74) is 4.00. The molecule has 3 heterocycles. The van der Waals surface area contributed by atoms with Crippen molar-refractivity contribution in [3.8, 4) is 28.6 Å². The lowest BCUT2D eigenvalue weighted by atomic mass is 10.1. The summed E-state index contributed by atoms with van der Waals surface area (Å²) >= 11 is 1.36. The van der Waals surface area contributed by atoms with E-state index in [9.17, 15) is 4.79 Å². The van der Waals surface area contributed by atoms with Gasteiger partial charge in [-0.1, -0.05) is 36.0 Å². The second kappa shape index (κ2) is 10.6. The topological polar surface area (TPSA) is 91.2 Å². The fourth-order valence-corrected chi connectivity index (χ4v) is 4.62. The molecule has 178 valence electrons. The van der Waals surface area contributed by atoms with Crippen LogP contribution >= 0.6 is 11.8 Å². The molecule has 9 heteroatoms. The Morgan fingerprint density at radius 2 is 1.91 bits per heavy atom. The first-order valence-corrected chi connectivity index (χ1v) is 12.4. The van der Waals surface area contributed by atoms with Crippen LogP contribution in [-0.4, -0.2) is 51.2 Å². The molecule has 2 aromatic heterocycles. The number of nitrogens with zero attached hydrogens (tertiary/aromatic N) is 4. The van der Waals surface area contributed by atoms with Crippen molar-refractivity contribution in [3.05, 3.63) is 78.1 Å². The minimum Gasteiger partial charge on any atom is -0.486 e. The molecule has 35 heavy (non-hydrogen) atoms. The minimum absolute atomic E-state index is 0.0604. The van der Waals surface area contributed by atoms with E-state index in [2.05, 4.69) is 20.5 Å². The zero-order valence-corrected chi connectivity index (χ0v) is 20.1. The van der Waals surface area contributed by atoms with Gasteiger partial charge in [0.1, 0.15) is 13.2 Å². The summed E-state index contributed by atoms with van der Waals surface area (Å²) in [4.78, 5) is 16.8. The molecule has 0 atom stereocenters. The molecule has 4 aromatic rings. The molecule has 5 rings (SSSR count). The number of fused-ring (bicyclic) bond motifs is 1. The van der Waals surface area contributed by atoms with Crippen LogP contribution in [0, 0.1) is 6.92 Å². The standard InChI is InChI=1S/C26H25N5O3S/c1-18-5-2-3-7-21(18)31-25(20-6-4-11-27-16-20)29-30-26(31)35-17-24(32)28-12-10-19-8-9-22-23(15-19)34-14-13-33-22/h2-9,11,15-16H,10,12-14,17H2,1H3,(H,28,32). The van der Waals surface area contributed by atoms with Crippen molar-refractivity contribution < 1.29 is 14.3 Å². The lowest BCUT2D eigenvalue weighted by Crippen LogP contribution is -2.27. The van der Waals surface area contributed by atoms with Crippen LogP contribution in [0.3, 0.4) is 0 Å². The highest BCUT2D eigenvalue weighted by atomic mass is 32.2. The molecule has 1 N–H and O–H groups in total. The van der Waals surface area contributed by atoms with E-state index >= 15 is 0 Å². The average molecular weight is 488 g/mol. The lowest BCUT2D eigenvalue weighted by molar-refractivity contribution is -0.118. The van der Waals surface area contributed by atoms with Crippen molar-refractivity contribution >= 4 is 17.7 Å². The van der Waals surface area contributed by atoms with Crippen LogP contribution < -0.4 is 14.8 Å². The van der Waals surface area contributed by atoms with Gasteiger partial charge in [0, 0.05) is 24.5 Å². The molecule has 0 unspecified atom stereocenters. The fourth-order valence-electron chi connectivity index (χ4n) is 3.85. The van der Waals surface area contributed by atoms with Gasteiger partial charge in [-0.05, 0) is 54.8 Å². The van der Waals surface area contributed by atoms with E-state index in [0.29, 0.717) is 37.2 Å². The Labute approximate surface area is 207 Å². The number of hydrogen-bond acceptors (Lipinski definition) is 7. The Bertz CT molecular complexity index is 1330. The highest BCUT2D eigenvalue weighted by molar-refractivity contribution is 7.99. The summed E-state index contributed by atoms with van der Waals surface area (Å²) in [6.07, 6.45) is 4.19. The predicted molar refractivity (Wildman–Crippen MR) is 134 cm³/mol. The number of carbonyl (C=O) groups excluding carboxylic acids is 1. The highest BCUT2D eigenvalue weighted by Crippen LogP contribution is 2.31. The zero-order valence-electron chi connectivity index (χ0n) is 19.3. The number of para-hydroxylation sites is 1. The predicted octanol–water partition coefficient (Wildman–Crippen LogP) is 3.86. The first kappa shape index (κ1) is 22.9. The first-order chi connectivity index (χ1) is 17.2. The molecule has 8 nitrogen and oxygen atoms in total. The molecule has 0 bridgehead atoms. The smallest absolute Gasteiger partial charge is 0.230 e. The van der Waals surface area contributed by atoms with E-state index in [1.807, 2.05) is 66.1 Å². The van der Waals surface area contributed by atoms with E-state index in [1.165, 1.54) is 11.8 Å². The Morgan fingerprint density at radius 3 is 2.74 bits per heavy atom. The third kappa shape index (κ3) is 5.30. The number of pyridine rings is 1. The van der Waals surface area contributed by atoms with Crippen molar-refractivity contribution in [1.29, 1.82) is 0 Å². The van der Waals surface area contributed by atoms with Gasteiger partial charge in [0.15, 0.2) is 22.5 Å². The van der Waals surface area contributed by atoms with Gasteiger partial charge in [0.25, 0.3) is 0 Å². The summed E-state index contributed by atoms with van der Waals surface area (Å²) in [5, 5.41) is 12.5. The summed E-state index contributed by atoms with van der Waals surface area (Å²) in [6, 6.07) is 17.7. The molecule has 0 saturated carbocycles. The van der Waals surface area contributed by atoms with E-state index < -0.39 is 0 Å². The van der Waals surface area contributed by atoms with Gasteiger partial charge in [-0.25, -0.2) is 0 Å². The average Bonchev–Trinajstić information content (AvgIpc) is 3.32. The Hall–Kier alpha value is -3.85. The van der Waals surface area contributed by atoms with Gasteiger partial charge in [-0.3, -0.25) is 14.3 Å². The maximum absolute atomic E-state index is 12.6. The molecule has 0 radical (unpaired) electrons. The number of carbonyl (C=O) groups is 1. The Morgan fingerprint density at radius 1 is 1.06 bits per heavy atom. The van der Waals surface area contributed by atoms with Crippen LogP contribution in [0.1, 0.15) is 11.1 Å². The molecular weight excluding hydrogens is 462 g/mol. The molecule has 2 aromatic carbocycles. The van der Waals surface area contributed by atoms with Crippen molar-refractivity contribution in [2.24, 2.45) is 0 Å².